The average Bonchev–Trinajstić information content (AvgIpc) is 2.81. The average molecular weight is 339 g/mol. The first-order chi connectivity index (χ1) is 10.8. The van der Waals surface area contributed by atoms with Crippen LogP contribution >= 0.6 is 0 Å². The van der Waals surface area contributed by atoms with E-state index in [-0.39, 0.29) is 22.6 Å². The van der Waals surface area contributed by atoms with Gasteiger partial charge in [-0.15, -0.1) is 0 Å². The molecule has 0 saturated carbocycles. The molecule has 1 heterocycles. The summed E-state index contributed by atoms with van der Waals surface area (Å²) in [5.74, 6) is -0.188. The monoisotopic (exact) mass is 339 g/mol. The van der Waals surface area contributed by atoms with E-state index in [1.807, 2.05) is 13.8 Å². The SMILES string of the molecule is CCC(C)C(N=C1NS(=O)(=O)c2ccccc21)C(=O)N(C)OC. The summed E-state index contributed by atoms with van der Waals surface area (Å²) in [6.07, 6.45) is 0.721. The molecule has 1 aromatic rings. The van der Waals surface area contributed by atoms with Gasteiger partial charge >= 0.3 is 0 Å². The van der Waals surface area contributed by atoms with Gasteiger partial charge in [-0.25, -0.2) is 13.5 Å². The normalized spacial score (nSPS) is 19.7. The van der Waals surface area contributed by atoms with Gasteiger partial charge in [0.15, 0.2) is 0 Å². The minimum atomic E-state index is -3.62. The fourth-order valence-electron chi connectivity index (χ4n) is 2.29. The number of nitrogens with one attached hydrogen (secondary N) is 1. The van der Waals surface area contributed by atoms with Crippen LogP contribution in [0.25, 0.3) is 0 Å². The van der Waals surface area contributed by atoms with E-state index in [4.69, 9.17) is 4.84 Å². The molecule has 0 bridgehead atoms. The number of likely N-dealkylation sites (N-methyl/N-ethyl adjacent to an activating group) is 1. The largest absolute Gasteiger partial charge is 0.274 e. The minimum absolute atomic E-state index is 0.0649. The Morgan fingerprint density at radius 2 is 2.04 bits per heavy atom. The van der Waals surface area contributed by atoms with E-state index in [9.17, 15) is 13.2 Å². The summed E-state index contributed by atoms with van der Waals surface area (Å²) < 4.78 is 26.7. The second-order valence-electron chi connectivity index (χ2n) is 5.43. The highest BCUT2D eigenvalue weighted by Crippen LogP contribution is 2.24. The van der Waals surface area contributed by atoms with Crippen LogP contribution in [0.3, 0.4) is 0 Å². The van der Waals surface area contributed by atoms with Crippen molar-refractivity contribution in [3.8, 4) is 0 Å². The van der Waals surface area contributed by atoms with Crippen LogP contribution < -0.4 is 4.72 Å². The van der Waals surface area contributed by atoms with E-state index in [1.54, 1.807) is 18.2 Å². The zero-order valence-electron chi connectivity index (χ0n) is 13.6. The maximum Gasteiger partial charge on any atom is 0.270 e. The molecule has 2 rings (SSSR count). The van der Waals surface area contributed by atoms with Crippen molar-refractivity contribution in [1.82, 2.24) is 9.79 Å². The summed E-state index contributed by atoms with van der Waals surface area (Å²) >= 11 is 0. The molecule has 126 valence electrons. The van der Waals surface area contributed by atoms with Gasteiger partial charge in [-0.05, 0) is 18.1 Å². The number of amidine groups is 1. The van der Waals surface area contributed by atoms with Crippen molar-refractivity contribution in [2.45, 2.75) is 31.2 Å². The van der Waals surface area contributed by atoms with E-state index in [2.05, 4.69) is 9.71 Å². The fraction of sp³-hybridized carbons (Fsp3) is 0.467. The molecule has 0 saturated heterocycles. The molecular weight excluding hydrogens is 318 g/mol. The Labute approximate surface area is 136 Å². The van der Waals surface area contributed by atoms with Crippen molar-refractivity contribution >= 4 is 21.8 Å². The molecule has 1 aliphatic rings. The Morgan fingerprint density at radius 1 is 1.39 bits per heavy atom. The van der Waals surface area contributed by atoms with E-state index in [1.165, 1.54) is 20.2 Å². The number of nitrogens with zero attached hydrogens (tertiary/aromatic N) is 2. The zero-order valence-corrected chi connectivity index (χ0v) is 14.4. The van der Waals surface area contributed by atoms with Crippen LogP contribution in [0.1, 0.15) is 25.8 Å². The predicted octanol–water partition coefficient (Wildman–Crippen LogP) is 1.16. The molecule has 7 nitrogen and oxygen atoms in total. The van der Waals surface area contributed by atoms with Crippen molar-refractivity contribution in [2.75, 3.05) is 14.2 Å². The summed E-state index contributed by atoms with van der Waals surface area (Å²) in [5, 5.41) is 1.11. The van der Waals surface area contributed by atoms with Crippen LogP contribution in [0.5, 0.6) is 0 Å². The number of carbonyl (C=O) groups excluding carboxylic acids is 1. The molecule has 1 amide bonds. The Kier molecular flexibility index (Phi) is 5.06. The summed E-state index contributed by atoms with van der Waals surface area (Å²) in [6, 6.07) is 5.84. The predicted molar refractivity (Wildman–Crippen MR) is 86.3 cm³/mol. The molecule has 0 aliphatic carbocycles. The highest BCUT2D eigenvalue weighted by molar-refractivity contribution is 7.90. The van der Waals surface area contributed by atoms with Gasteiger partial charge in [0.1, 0.15) is 11.9 Å². The van der Waals surface area contributed by atoms with E-state index < -0.39 is 16.1 Å². The number of rotatable bonds is 5. The first-order valence-electron chi connectivity index (χ1n) is 7.33. The number of benzene rings is 1. The van der Waals surface area contributed by atoms with Crippen molar-refractivity contribution < 1.29 is 18.0 Å². The summed E-state index contributed by atoms with van der Waals surface area (Å²) in [4.78, 5) is 22.0. The Hall–Kier alpha value is -1.93. The molecule has 0 aromatic heterocycles. The van der Waals surface area contributed by atoms with Crippen LogP contribution in [-0.4, -0.2) is 45.4 Å². The Balaban J connectivity index is 2.47. The highest BCUT2D eigenvalue weighted by Gasteiger charge is 2.33. The van der Waals surface area contributed by atoms with Crippen molar-refractivity contribution in [2.24, 2.45) is 10.9 Å². The van der Waals surface area contributed by atoms with E-state index in [0.29, 0.717) is 5.56 Å². The number of fused-ring (bicyclic) bond motifs is 1. The second-order valence-corrected chi connectivity index (χ2v) is 7.08. The quantitative estimate of drug-likeness (QED) is 0.816. The van der Waals surface area contributed by atoms with Crippen molar-refractivity contribution in [3.05, 3.63) is 29.8 Å². The lowest BCUT2D eigenvalue weighted by Gasteiger charge is -2.23. The van der Waals surface area contributed by atoms with Crippen molar-refractivity contribution in [3.63, 3.8) is 0 Å². The molecule has 2 atom stereocenters. The maximum absolute atomic E-state index is 12.5. The third kappa shape index (κ3) is 3.37. The Bertz CT molecular complexity index is 730. The molecule has 1 aliphatic heterocycles. The maximum atomic E-state index is 12.5. The van der Waals surface area contributed by atoms with Gasteiger partial charge in [-0.2, -0.15) is 0 Å². The number of hydrogen-bond acceptors (Lipinski definition) is 5. The summed E-state index contributed by atoms with van der Waals surface area (Å²) in [5.41, 5.74) is 0.480. The van der Waals surface area contributed by atoms with Gasteiger partial charge in [0.2, 0.25) is 0 Å². The summed E-state index contributed by atoms with van der Waals surface area (Å²) in [6.45, 7) is 3.84. The van der Waals surface area contributed by atoms with E-state index in [0.717, 1.165) is 11.5 Å². The lowest BCUT2D eigenvalue weighted by atomic mass is 9.98. The van der Waals surface area contributed by atoms with E-state index >= 15 is 0 Å². The van der Waals surface area contributed by atoms with Crippen LogP contribution in [0.4, 0.5) is 0 Å². The first-order valence-corrected chi connectivity index (χ1v) is 8.81. The highest BCUT2D eigenvalue weighted by atomic mass is 32.2. The number of hydroxylamine groups is 2. The third-order valence-electron chi connectivity index (χ3n) is 3.95. The number of hydrogen-bond donors (Lipinski definition) is 1. The van der Waals surface area contributed by atoms with Gasteiger partial charge in [0.25, 0.3) is 15.9 Å². The smallest absolute Gasteiger partial charge is 0.270 e. The van der Waals surface area contributed by atoms with Gasteiger partial charge in [-0.1, -0.05) is 32.4 Å². The van der Waals surface area contributed by atoms with Gasteiger partial charge in [-0.3, -0.25) is 19.3 Å². The topological polar surface area (TPSA) is 88.1 Å². The Morgan fingerprint density at radius 3 is 2.65 bits per heavy atom. The zero-order chi connectivity index (χ0) is 17.2. The fourth-order valence-corrected chi connectivity index (χ4v) is 3.53. The van der Waals surface area contributed by atoms with Gasteiger partial charge in [0, 0.05) is 12.6 Å². The van der Waals surface area contributed by atoms with Crippen LogP contribution in [0.15, 0.2) is 34.2 Å². The molecule has 8 heteroatoms. The molecule has 23 heavy (non-hydrogen) atoms. The van der Waals surface area contributed by atoms with Crippen molar-refractivity contribution in [1.29, 1.82) is 0 Å². The number of amides is 1. The lowest BCUT2D eigenvalue weighted by Crippen LogP contribution is -2.39. The molecular formula is C15H21N3O4S. The van der Waals surface area contributed by atoms with Crippen LogP contribution in [0.2, 0.25) is 0 Å². The third-order valence-corrected chi connectivity index (χ3v) is 5.35. The van der Waals surface area contributed by atoms with Gasteiger partial charge < -0.3 is 0 Å². The van der Waals surface area contributed by atoms with Crippen LogP contribution in [-0.2, 0) is 19.7 Å². The number of sulfonamides is 1. The van der Waals surface area contributed by atoms with Gasteiger partial charge in [0.05, 0.1) is 12.0 Å². The molecule has 2 unspecified atom stereocenters. The second kappa shape index (κ2) is 6.67. The van der Waals surface area contributed by atoms with Crippen LogP contribution in [0, 0.1) is 5.92 Å². The molecule has 0 spiro atoms. The number of carbonyl (C=O) groups is 1. The molecule has 1 aromatic carbocycles. The first kappa shape index (κ1) is 17.4. The minimum Gasteiger partial charge on any atom is -0.274 e. The standard InChI is InChI=1S/C15H21N3O4S/c1-5-10(2)13(15(19)18(3)22-4)16-14-11-8-6-7-9-12(11)23(20,21)17-14/h6-10,13H,5H2,1-4H3,(H,16,17). The molecule has 0 fully saturated rings. The summed E-state index contributed by atoms with van der Waals surface area (Å²) in [7, 11) is -0.722. The molecule has 1 N–H and O–H groups in total. The number of aliphatic imine (C=N–C) groups is 1. The lowest BCUT2D eigenvalue weighted by molar-refractivity contribution is -0.171. The molecule has 0 radical (unpaired) electrons.